The molecule has 1 unspecified atom stereocenters. The molecule has 2 bridgehead atoms. The summed E-state index contributed by atoms with van der Waals surface area (Å²) in [5.41, 5.74) is 1.65. The summed E-state index contributed by atoms with van der Waals surface area (Å²) >= 11 is 0. The van der Waals surface area contributed by atoms with E-state index in [0.29, 0.717) is 16.2 Å². The molecule has 3 saturated heterocycles. The van der Waals surface area contributed by atoms with Crippen molar-refractivity contribution in [1.82, 2.24) is 4.98 Å². The number of pyridine rings is 1. The predicted octanol–water partition coefficient (Wildman–Crippen LogP) is 2.17. The number of hydrogen-bond donors (Lipinski definition) is 1. The number of nitrogens with zero attached hydrogens (tertiary/aromatic N) is 2. The fraction of sp³-hybridized carbons (Fsp3) is 0.370. The largest absolute Gasteiger partial charge is 1.00 e. The molecule has 0 amide bonds. The van der Waals surface area contributed by atoms with Crippen molar-refractivity contribution in [2.75, 3.05) is 20.2 Å². The van der Waals surface area contributed by atoms with Crippen molar-refractivity contribution in [3.05, 3.63) is 84.1 Å². The highest BCUT2D eigenvalue weighted by molar-refractivity contribution is 5.83. The van der Waals surface area contributed by atoms with Crippen molar-refractivity contribution >= 4 is 10.9 Å². The predicted molar refractivity (Wildman–Crippen MR) is 124 cm³/mol. The Labute approximate surface area is 209 Å². The lowest BCUT2D eigenvalue weighted by molar-refractivity contribution is -0.985. The van der Waals surface area contributed by atoms with Crippen molar-refractivity contribution in [1.29, 1.82) is 0 Å². The Hall–Kier alpha value is -2.35. The lowest BCUT2D eigenvalue weighted by atomic mass is 9.71. The summed E-state index contributed by atoms with van der Waals surface area (Å²) in [5.74, 6) is 0.315. The maximum absolute atomic E-state index is 14.7. The number of hydrogen-bond acceptors (Lipinski definition) is 3. The molecule has 0 aliphatic carbocycles. The minimum atomic E-state index is -0.800. The molecule has 4 nitrogen and oxygen atoms in total. The van der Waals surface area contributed by atoms with Crippen LogP contribution < -0.4 is 21.7 Å². The fourth-order valence-corrected chi connectivity index (χ4v) is 6.12. The first kappa shape index (κ1) is 24.8. The van der Waals surface area contributed by atoms with Crippen molar-refractivity contribution in [3.8, 4) is 5.75 Å². The molecule has 5 atom stereocenters. The van der Waals surface area contributed by atoms with Crippen LogP contribution in [-0.4, -0.2) is 40.8 Å². The van der Waals surface area contributed by atoms with Gasteiger partial charge in [0, 0.05) is 30.3 Å². The highest BCUT2D eigenvalue weighted by Crippen LogP contribution is 2.48. The minimum absolute atomic E-state index is 0. The third-order valence-corrected chi connectivity index (χ3v) is 7.88. The minimum Gasteiger partial charge on any atom is -1.00 e. The van der Waals surface area contributed by atoms with E-state index in [1.54, 1.807) is 13.3 Å². The topological polar surface area (TPSA) is 42.4 Å². The van der Waals surface area contributed by atoms with Crippen molar-refractivity contribution in [2.45, 2.75) is 31.5 Å². The van der Waals surface area contributed by atoms with Gasteiger partial charge in [-0.3, -0.25) is 4.98 Å². The third kappa shape index (κ3) is 4.14. The molecule has 6 rings (SSSR count). The summed E-state index contributed by atoms with van der Waals surface area (Å²) in [5, 5.41) is 12.6. The Morgan fingerprint density at radius 2 is 2.00 bits per heavy atom. The third-order valence-electron chi connectivity index (χ3n) is 7.88. The van der Waals surface area contributed by atoms with E-state index in [1.807, 2.05) is 30.3 Å². The van der Waals surface area contributed by atoms with Crippen LogP contribution in [0.25, 0.3) is 10.9 Å². The quantitative estimate of drug-likeness (QED) is 0.392. The number of aliphatic hydroxyl groups is 1. The molecule has 2 aromatic carbocycles. The van der Waals surface area contributed by atoms with E-state index in [9.17, 15) is 13.9 Å². The van der Waals surface area contributed by atoms with E-state index >= 15 is 0 Å². The number of piperidine rings is 3. The summed E-state index contributed by atoms with van der Waals surface area (Å²) in [7, 11) is 1.61. The van der Waals surface area contributed by atoms with Gasteiger partial charge in [0.2, 0.25) is 0 Å². The summed E-state index contributed by atoms with van der Waals surface area (Å²) in [6, 6.07) is 11.3. The molecule has 3 aliphatic heterocycles. The first-order valence-corrected chi connectivity index (χ1v) is 11.5. The first-order chi connectivity index (χ1) is 16.0. The normalized spacial score (nSPS) is 26.6. The van der Waals surface area contributed by atoms with E-state index in [4.69, 9.17) is 4.74 Å². The first-order valence-electron chi connectivity index (χ1n) is 11.5. The number of quaternary nitrogens is 1. The van der Waals surface area contributed by atoms with Crippen LogP contribution in [0.4, 0.5) is 8.78 Å². The molecular weight excluding hydrogens is 502 g/mol. The summed E-state index contributed by atoms with van der Waals surface area (Å²) in [4.78, 5) is 4.44. The van der Waals surface area contributed by atoms with Gasteiger partial charge in [-0.2, -0.15) is 0 Å². The van der Waals surface area contributed by atoms with Gasteiger partial charge in [-0.25, -0.2) is 8.78 Å². The molecule has 0 radical (unpaired) electrons. The van der Waals surface area contributed by atoms with Crippen LogP contribution in [-0.2, 0) is 6.54 Å². The van der Waals surface area contributed by atoms with Gasteiger partial charge in [-0.05, 0) is 47.9 Å². The Kier molecular flexibility index (Phi) is 7.08. The molecule has 3 fully saturated rings. The number of aromatic nitrogens is 1. The number of ether oxygens (including phenoxy) is 1. The van der Waals surface area contributed by atoms with Crippen molar-refractivity contribution in [2.24, 2.45) is 11.8 Å². The highest BCUT2D eigenvalue weighted by Gasteiger charge is 2.54. The van der Waals surface area contributed by atoms with Crippen molar-refractivity contribution < 1.29 is 40.1 Å². The van der Waals surface area contributed by atoms with Crippen LogP contribution in [0.3, 0.4) is 0 Å². The smallest absolute Gasteiger partial charge is 0.135 e. The molecule has 3 aromatic rings. The number of rotatable bonds is 6. The molecule has 7 heteroatoms. The number of fused-ring (bicyclic) bond motifs is 4. The van der Waals surface area contributed by atoms with Gasteiger partial charge in [-0.1, -0.05) is 12.1 Å². The number of benzene rings is 2. The molecule has 4 heterocycles. The Morgan fingerprint density at radius 3 is 2.71 bits per heavy atom. The van der Waals surface area contributed by atoms with Crippen LogP contribution in [0, 0.1) is 23.5 Å². The second-order valence-corrected chi connectivity index (χ2v) is 9.46. The molecule has 0 spiro atoms. The maximum atomic E-state index is 14.7. The van der Waals surface area contributed by atoms with E-state index in [-0.39, 0.29) is 41.0 Å². The molecule has 0 saturated carbocycles. The number of halogens is 3. The lowest BCUT2D eigenvalue weighted by Crippen LogP contribution is -3.00. The van der Waals surface area contributed by atoms with Gasteiger partial charge in [0.05, 0.1) is 31.3 Å². The Bertz CT molecular complexity index is 1190. The van der Waals surface area contributed by atoms with E-state index < -0.39 is 17.7 Å². The second-order valence-electron chi connectivity index (χ2n) is 9.46. The highest BCUT2D eigenvalue weighted by atomic mass is 79.9. The monoisotopic (exact) mass is 530 g/mol. The van der Waals surface area contributed by atoms with Gasteiger partial charge in [0.25, 0.3) is 0 Å². The number of aliphatic hydroxyl groups excluding tert-OH is 1. The van der Waals surface area contributed by atoms with E-state index in [0.717, 1.165) is 42.4 Å². The van der Waals surface area contributed by atoms with Crippen LogP contribution in [0.1, 0.15) is 30.1 Å². The van der Waals surface area contributed by atoms with Crippen LogP contribution in [0.15, 0.2) is 61.3 Å². The Morgan fingerprint density at radius 1 is 1.24 bits per heavy atom. The lowest BCUT2D eigenvalue weighted by Gasteiger charge is -2.58. The van der Waals surface area contributed by atoms with E-state index in [2.05, 4.69) is 11.6 Å². The fourth-order valence-electron chi connectivity index (χ4n) is 6.12. The molecule has 34 heavy (non-hydrogen) atoms. The van der Waals surface area contributed by atoms with Crippen LogP contribution in [0.5, 0.6) is 5.75 Å². The van der Waals surface area contributed by atoms with Gasteiger partial charge < -0.3 is 31.3 Å². The van der Waals surface area contributed by atoms with E-state index in [1.165, 1.54) is 18.2 Å². The average Bonchev–Trinajstić information content (AvgIpc) is 2.85. The maximum Gasteiger partial charge on any atom is 0.135 e. The average molecular weight is 531 g/mol. The Balaban J connectivity index is 0.00000274. The summed E-state index contributed by atoms with van der Waals surface area (Å²) in [6.45, 7) is 5.73. The van der Waals surface area contributed by atoms with Crippen LogP contribution in [0.2, 0.25) is 0 Å². The van der Waals surface area contributed by atoms with Crippen LogP contribution >= 0.6 is 0 Å². The van der Waals surface area contributed by atoms with Gasteiger partial charge in [0.1, 0.15) is 36.1 Å². The molecule has 3 aliphatic rings. The standard InChI is InChI=1S/C27H29F2N2O2.BrH/c1-3-17-15-31(16-22-23(28)5-4-6-24(22)29)12-10-18(17)13-26(31)27(32)20-9-11-30-25-8-7-19(33-2)14-21(20)25;/h3-9,11,14,17-18,26-27,32H,1,10,12-13,15-16H2,2H3;1H/q+1;/p-1/t17-,18-,26+,27-,31?;/m0./s1. The molecule has 1 N–H and O–H groups in total. The molecule has 1 aromatic heterocycles. The number of methoxy groups -OCH3 is 1. The van der Waals surface area contributed by atoms with Gasteiger partial charge in [-0.15, -0.1) is 6.58 Å². The summed E-state index contributed by atoms with van der Waals surface area (Å²) < 4.78 is 35.2. The molecular formula is C27H29BrF2N2O2. The van der Waals surface area contributed by atoms with Crippen molar-refractivity contribution in [3.63, 3.8) is 0 Å². The SMILES string of the molecule is C=C[C@H]1C[N+]2(Cc3c(F)cccc3F)CC[C@H]1C[C@@H]2[C@@H](O)c1ccnc2ccc(OC)cc12.[Br-]. The summed E-state index contributed by atoms with van der Waals surface area (Å²) in [6.07, 6.45) is 4.62. The molecule has 180 valence electrons. The zero-order valence-corrected chi connectivity index (χ0v) is 20.7. The zero-order valence-electron chi connectivity index (χ0n) is 19.1. The van der Waals surface area contributed by atoms with Gasteiger partial charge >= 0.3 is 0 Å². The second kappa shape index (κ2) is 9.72. The van der Waals surface area contributed by atoms with Gasteiger partial charge in [0.15, 0.2) is 0 Å². The zero-order chi connectivity index (χ0) is 23.2.